The minimum Gasteiger partial charge on any atom is -0.330 e. The van der Waals surface area contributed by atoms with Crippen LogP contribution in [0.15, 0.2) is 200 Å². The lowest BCUT2D eigenvalue weighted by molar-refractivity contribution is 0.349. The maximum Gasteiger partial charge on any atom is 0.0697 e. The van der Waals surface area contributed by atoms with Gasteiger partial charge in [-0.2, -0.15) is 0 Å². The molecule has 0 N–H and O–H groups in total. The Morgan fingerprint density at radius 3 is 1.28 bits per heavy atom. The molecule has 3 heterocycles. The Labute approximate surface area is 391 Å². The van der Waals surface area contributed by atoms with Crippen LogP contribution in [0.3, 0.4) is 0 Å². The van der Waals surface area contributed by atoms with E-state index in [0.29, 0.717) is 0 Å². The molecule has 3 heteroatoms. The predicted molar refractivity (Wildman–Crippen MR) is 288 cm³/mol. The molecular weight excluding hydrogens is 811 g/mol. The number of rotatable bonds is 9. The molecule has 0 saturated carbocycles. The molecule has 0 aliphatic rings. The normalized spacial score (nSPS) is 13.4. The minimum atomic E-state index is -0.303. The first-order valence-electron chi connectivity index (χ1n) is 24.4. The Morgan fingerprint density at radius 1 is 0.328 bits per heavy atom. The van der Waals surface area contributed by atoms with Crippen LogP contribution < -0.4 is 0 Å². The molecule has 67 heavy (non-hydrogen) atoms. The lowest BCUT2D eigenvalue weighted by Gasteiger charge is -2.37. The first-order valence-corrected chi connectivity index (χ1v) is 24.4. The van der Waals surface area contributed by atoms with E-state index in [1.807, 2.05) is 0 Å². The summed E-state index contributed by atoms with van der Waals surface area (Å²) in [6, 6.07) is 75.7. The summed E-state index contributed by atoms with van der Waals surface area (Å²) in [5.41, 5.74) is 10.9. The van der Waals surface area contributed by atoms with Crippen molar-refractivity contribution in [1.82, 2.24) is 13.7 Å². The van der Waals surface area contributed by atoms with Crippen LogP contribution in [-0.4, -0.2) is 13.7 Å². The van der Waals surface area contributed by atoms with Gasteiger partial charge in [-0.3, -0.25) is 0 Å². The highest BCUT2D eigenvalue weighted by atomic mass is 15.1. The SMILES string of the molecule is CCCC(C)(c1ccc2c(c1)c1ccccc1n2C(CC)(CC)c1ccc2c(c1)c1ccccc1n2-c1ccc2c3ccccc3c3ccccc3c2c1)n1c2ccccc2c2ccccc21. The minimum absolute atomic E-state index is 0.271. The van der Waals surface area contributed by atoms with E-state index in [1.165, 1.54) is 115 Å². The van der Waals surface area contributed by atoms with Gasteiger partial charge in [0.25, 0.3) is 0 Å². The van der Waals surface area contributed by atoms with Gasteiger partial charge < -0.3 is 13.7 Å². The molecule has 0 fully saturated rings. The zero-order valence-electron chi connectivity index (χ0n) is 38.7. The Balaban J connectivity index is 1.01. The third kappa shape index (κ3) is 5.52. The number of benzene rings is 10. The lowest BCUT2D eigenvalue weighted by Crippen LogP contribution is -2.33. The Hall–Kier alpha value is -7.62. The molecule has 0 aliphatic heterocycles. The summed E-state index contributed by atoms with van der Waals surface area (Å²) in [5, 5.41) is 15.6. The Bertz CT molecular complexity index is 4030. The van der Waals surface area contributed by atoms with E-state index in [9.17, 15) is 0 Å². The smallest absolute Gasteiger partial charge is 0.0697 e. The summed E-state index contributed by atoms with van der Waals surface area (Å²) >= 11 is 0. The lowest BCUT2D eigenvalue weighted by atomic mass is 9.83. The number of aromatic nitrogens is 3. The highest BCUT2D eigenvalue weighted by Crippen LogP contribution is 2.47. The van der Waals surface area contributed by atoms with Gasteiger partial charge >= 0.3 is 0 Å². The standard InChI is InChI=1S/C64H53N3/c1-5-38-63(4,66-59-29-17-13-24-50(59)51-25-14-18-30-60(51)66)42-32-37-62-56(39-42)53-27-15-19-31-61(53)67(62)64(6-2,7-3)43-33-36-58-55(40-43)52-26-12-16-28-57(52)65(58)44-34-35-49-47-22-9-8-20-45(47)46-21-10-11-23-48(46)54(49)41-44/h8-37,39-41H,5-7,38H2,1-4H3. The summed E-state index contributed by atoms with van der Waals surface area (Å²) in [6.07, 6.45) is 3.99. The molecule has 3 nitrogen and oxygen atoms in total. The molecule has 0 spiro atoms. The molecule has 10 aromatic carbocycles. The Morgan fingerprint density at radius 2 is 0.716 bits per heavy atom. The fourth-order valence-corrected chi connectivity index (χ4v) is 12.8. The van der Waals surface area contributed by atoms with Gasteiger partial charge in [-0.1, -0.05) is 167 Å². The summed E-state index contributed by atoms with van der Waals surface area (Å²) < 4.78 is 7.83. The van der Waals surface area contributed by atoms with Gasteiger partial charge in [0.05, 0.1) is 22.1 Å². The van der Waals surface area contributed by atoms with Crippen molar-refractivity contribution >= 4 is 97.7 Å². The number of para-hydroxylation sites is 4. The van der Waals surface area contributed by atoms with E-state index in [2.05, 4.69) is 242 Å². The van der Waals surface area contributed by atoms with Crippen molar-refractivity contribution in [3.8, 4) is 5.69 Å². The summed E-state index contributed by atoms with van der Waals surface area (Å²) in [5.74, 6) is 0. The predicted octanol–water partition coefficient (Wildman–Crippen LogP) is 17.6. The van der Waals surface area contributed by atoms with Gasteiger partial charge in [0, 0.05) is 60.1 Å². The van der Waals surface area contributed by atoms with Crippen molar-refractivity contribution in [2.24, 2.45) is 0 Å². The van der Waals surface area contributed by atoms with Crippen LogP contribution in [0.5, 0.6) is 0 Å². The monoisotopic (exact) mass is 863 g/mol. The average Bonchev–Trinajstić information content (AvgIpc) is 4.03. The molecule has 13 aromatic rings. The third-order valence-electron chi connectivity index (χ3n) is 15.9. The van der Waals surface area contributed by atoms with E-state index < -0.39 is 0 Å². The van der Waals surface area contributed by atoms with Gasteiger partial charge in [0.15, 0.2) is 0 Å². The van der Waals surface area contributed by atoms with Crippen LogP contribution in [0.4, 0.5) is 0 Å². The molecular formula is C64H53N3. The molecule has 3 aromatic heterocycles. The van der Waals surface area contributed by atoms with Gasteiger partial charge in [-0.25, -0.2) is 0 Å². The second-order valence-electron chi connectivity index (χ2n) is 19.1. The fraction of sp³-hybridized carbons (Fsp3) is 0.156. The van der Waals surface area contributed by atoms with Gasteiger partial charge in [0.1, 0.15) is 0 Å². The Kier molecular flexibility index (Phi) is 8.86. The molecule has 1 unspecified atom stereocenters. The molecule has 1 atom stereocenters. The van der Waals surface area contributed by atoms with E-state index in [1.54, 1.807) is 0 Å². The van der Waals surface area contributed by atoms with Crippen LogP contribution in [0, 0.1) is 0 Å². The second kappa shape index (κ2) is 15.0. The van der Waals surface area contributed by atoms with Gasteiger partial charge in [-0.15, -0.1) is 0 Å². The molecule has 0 aliphatic carbocycles. The van der Waals surface area contributed by atoms with E-state index in [-0.39, 0.29) is 11.1 Å². The van der Waals surface area contributed by atoms with Crippen LogP contribution in [0.25, 0.3) is 103 Å². The quantitative estimate of drug-likeness (QED) is 0.128. The van der Waals surface area contributed by atoms with Crippen molar-refractivity contribution in [2.75, 3.05) is 0 Å². The van der Waals surface area contributed by atoms with Crippen molar-refractivity contribution in [2.45, 2.75) is 64.5 Å². The van der Waals surface area contributed by atoms with Gasteiger partial charge in [0.2, 0.25) is 0 Å². The summed E-state index contributed by atoms with van der Waals surface area (Å²) in [7, 11) is 0. The third-order valence-corrected chi connectivity index (χ3v) is 15.9. The van der Waals surface area contributed by atoms with Crippen LogP contribution in [-0.2, 0) is 11.1 Å². The van der Waals surface area contributed by atoms with E-state index >= 15 is 0 Å². The molecule has 324 valence electrons. The van der Waals surface area contributed by atoms with Crippen LogP contribution in [0.2, 0.25) is 0 Å². The largest absolute Gasteiger partial charge is 0.330 e. The zero-order valence-corrected chi connectivity index (χ0v) is 38.7. The van der Waals surface area contributed by atoms with Gasteiger partial charge in [-0.05, 0) is 130 Å². The fourth-order valence-electron chi connectivity index (χ4n) is 12.8. The van der Waals surface area contributed by atoms with Crippen molar-refractivity contribution in [3.05, 3.63) is 211 Å². The zero-order chi connectivity index (χ0) is 45.0. The molecule has 0 bridgehead atoms. The first kappa shape index (κ1) is 39.7. The van der Waals surface area contributed by atoms with Crippen molar-refractivity contribution in [1.29, 1.82) is 0 Å². The number of nitrogens with zero attached hydrogens (tertiary/aromatic N) is 3. The maximum absolute atomic E-state index is 2.71. The highest BCUT2D eigenvalue weighted by Gasteiger charge is 2.36. The van der Waals surface area contributed by atoms with E-state index in [0.717, 1.165) is 25.7 Å². The van der Waals surface area contributed by atoms with E-state index in [4.69, 9.17) is 0 Å². The maximum atomic E-state index is 2.71. The molecule has 0 radical (unpaired) electrons. The molecule has 0 saturated heterocycles. The number of hydrogen-bond donors (Lipinski definition) is 0. The second-order valence-corrected chi connectivity index (χ2v) is 19.1. The van der Waals surface area contributed by atoms with Crippen LogP contribution in [0.1, 0.15) is 64.5 Å². The van der Waals surface area contributed by atoms with Crippen molar-refractivity contribution < 1.29 is 0 Å². The molecule has 0 amide bonds. The number of hydrogen-bond acceptors (Lipinski definition) is 0. The summed E-state index contributed by atoms with van der Waals surface area (Å²) in [6.45, 7) is 9.56. The number of fused-ring (bicyclic) bond motifs is 15. The topological polar surface area (TPSA) is 14.8 Å². The molecule has 13 rings (SSSR count). The average molecular weight is 864 g/mol. The summed E-state index contributed by atoms with van der Waals surface area (Å²) in [4.78, 5) is 0. The van der Waals surface area contributed by atoms with Crippen LogP contribution >= 0.6 is 0 Å². The highest BCUT2D eigenvalue weighted by molar-refractivity contribution is 6.25. The first-order chi connectivity index (χ1) is 33.0. The van der Waals surface area contributed by atoms with Crippen molar-refractivity contribution in [3.63, 3.8) is 0 Å².